The fraction of sp³-hybridized carbons (Fsp3) is 0.125. The van der Waals surface area contributed by atoms with E-state index in [2.05, 4.69) is 10.6 Å². The van der Waals surface area contributed by atoms with Crippen molar-refractivity contribution >= 4 is 46.4 Å². The lowest BCUT2D eigenvalue weighted by Gasteiger charge is -2.08. The van der Waals surface area contributed by atoms with Crippen LogP contribution in [0.3, 0.4) is 0 Å². The van der Waals surface area contributed by atoms with E-state index in [-0.39, 0.29) is 6.42 Å². The van der Waals surface area contributed by atoms with Crippen molar-refractivity contribution in [3.8, 4) is 0 Å². The van der Waals surface area contributed by atoms with Crippen LogP contribution in [0.25, 0.3) is 0 Å². The standard InChI is InChI=1S/C16H14Cl2N2O2/c1-10-5-6-13(8-14(10)18)20-16(22)9-15(21)19-12-4-2-3-11(17)7-12/h2-8H,9H2,1H3,(H,19,21)(H,20,22). The summed E-state index contributed by atoms with van der Waals surface area (Å²) in [6.07, 6.45) is -0.294. The molecule has 0 saturated heterocycles. The maximum atomic E-state index is 11.8. The van der Waals surface area contributed by atoms with E-state index in [1.54, 1.807) is 42.5 Å². The fourth-order valence-corrected chi connectivity index (χ4v) is 2.16. The van der Waals surface area contributed by atoms with E-state index >= 15 is 0 Å². The van der Waals surface area contributed by atoms with Crippen molar-refractivity contribution in [1.29, 1.82) is 0 Å². The van der Waals surface area contributed by atoms with Crippen LogP contribution >= 0.6 is 23.2 Å². The second kappa shape index (κ2) is 7.29. The van der Waals surface area contributed by atoms with Gasteiger partial charge in [-0.2, -0.15) is 0 Å². The molecule has 2 aromatic rings. The van der Waals surface area contributed by atoms with Gasteiger partial charge in [0.15, 0.2) is 0 Å². The number of hydrogen-bond acceptors (Lipinski definition) is 2. The number of nitrogens with one attached hydrogen (secondary N) is 2. The van der Waals surface area contributed by atoms with Gasteiger partial charge < -0.3 is 10.6 Å². The van der Waals surface area contributed by atoms with E-state index < -0.39 is 11.8 Å². The summed E-state index contributed by atoms with van der Waals surface area (Å²) in [7, 11) is 0. The Hall–Kier alpha value is -2.04. The van der Waals surface area contributed by atoms with E-state index in [4.69, 9.17) is 23.2 Å². The van der Waals surface area contributed by atoms with Gasteiger partial charge >= 0.3 is 0 Å². The maximum Gasteiger partial charge on any atom is 0.233 e. The summed E-state index contributed by atoms with van der Waals surface area (Å²) >= 11 is 11.8. The van der Waals surface area contributed by atoms with Crippen LogP contribution in [0.1, 0.15) is 12.0 Å². The number of aryl methyl sites for hydroxylation is 1. The van der Waals surface area contributed by atoms with E-state index in [1.807, 2.05) is 6.92 Å². The molecule has 2 aromatic carbocycles. The molecule has 0 fully saturated rings. The number of carbonyl (C=O) groups excluding carboxylic acids is 2. The summed E-state index contributed by atoms with van der Waals surface area (Å²) in [5.74, 6) is -0.836. The van der Waals surface area contributed by atoms with Gasteiger partial charge in [-0.1, -0.05) is 35.3 Å². The van der Waals surface area contributed by atoms with E-state index in [1.165, 1.54) is 0 Å². The number of rotatable bonds is 4. The minimum Gasteiger partial charge on any atom is -0.326 e. The van der Waals surface area contributed by atoms with Gasteiger partial charge in [-0.3, -0.25) is 9.59 Å². The number of hydrogen-bond donors (Lipinski definition) is 2. The molecule has 0 saturated carbocycles. The Kier molecular flexibility index (Phi) is 5.41. The van der Waals surface area contributed by atoms with Crippen LogP contribution in [0.5, 0.6) is 0 Å². The van der Waals surface area contributed by atoms with Crippen LogP contribution < -0.4 is 10.6 Å². The number of halogens is 2. The summed E-state index contributed by atoms with van der Waals surface area (Å²) < 4.78 is 0. The Labute approximate surface area is 138 Å². The molecule has 0 spiro atoms. The van der Waals surface area contributed by atoms with Crippen molar-refractivity contribution in [3.05, 3.63) is 58.1 Å². The van der Waals surface area contributed by atoms with Crippen LogP contribution in [0.2, 0.25) is 10.0 Å². The summed E-state index contributed by atoms with van der Waals surface area (Å²) in [6.45, 7) is 1.87. The topological polar surface area (TPSA) is 58.2 Å². The summed E-state index contributed by atoms with van der Waals surface area (Å²) in [5.41, 5.74) is 2.01. The zero-order chi connectivity index (χ0) is 16.1. The molecule has 2 N–H and O–H groups in total. The smallest absolute Gasteiger partial charge is 0.233 e. The average Bonchev–Trinajstić information content (AvgIpc) is 2.42. The average molecular weight is 337 g/mol. The zero-order valence-corrected chi connectivity index (χ0v) is 13.3. The highest BCUT2D eigenvalue weighted by atomic mass is 35.5. The Bertz CT molecular complexity index is 717. The Morgan fingerprint density at radius 3 is 2.18 bits per heavy atom. The largest absolute Gasteiger partial charge is 0.326 e. The molecular weight excluding hydrogens is 323 g/mol. The molecular formula is C16H14Cl2N2O2. The van der Waals surface area contributed by atoms with Gasteiger partial charge in [-0.25, -0.2) is 0 Å². The molecule has 0 aliphatic rings. The molecule has 0 heterocycles. The van der Waals surface area contributed by atoms with Gasteiger partial charge in [-0.15, -0.1) is 0 Å². The van der Waals surface area contributed by atoms with Gasteiger partial charge in [0.2, 0.25) is 11.8 Å². The van der Waals surface area contributed by atoms with Gasteiger partial charge in [0, 0.05) is 21.4 Å². The minimum absolute atomic E-state index is 0.294. The lowest BCUT2D eigenvalue weighted by molar-refractivity contribution is -0.123. The highest BCUT2D eigenvalue weighted by Gasteiger charge is 2.10. The first-order valence-corrected chi connectivity index (χ1v) is 7.31. The van der Waals surface area contributed by atoms with Crippen LogP contribution in [0.15, 0.2) is 42.5 Å². The Balaban J connectivity index is 1.91. The third kappa shape index (κ3) is 4.76. The lowest BCUT2D eigenvalue weighted by atomic mass is 10.2. The van der Waals surface area contributed by atoms with E-state index in [9.17, 15) is 9.59 Å². The summed E-state index contributed by atoms with van der Waals surface area (Å²) in [5, 5.41) is 6.30. The Morgan fingerprint density at radius 2 is 1.59 bits per heavy atom. The molecule has 0 bridgehead atoms. The molecule has 2 amide bonds. The molecule has 6 heteroatoms. The minimum atomic E-state index is -0.419. The number of amides is 2. The molecule has 2 rings (SSSR count). The van der Waals surface area contributed by atoms with Gasteiger partial charge in [0.1, 0.15) is 6.42 Å². The zero-order valence-electron chi connectivity index (χ0n) is 11.8. The lowest BCUT2D eigenvalue weighted by Crippen LogP contribution is -2.21. The van der Waals surface area contributed by atoms with Crippen molar-refractivity contribution in [2.24, 2.45) is 0 Å². The third-order valence-corrected chi connectivity index (χ3v) is 3.53. The second-order valence-corrected chi connectivity index (χ2v) is 5.59. The van der Waals surface area contributed by atoms with Crippen LogP contribution in [-0.4, -0.2) is 11.8 Å². The molecule has 0 aliphatic carbocycles. The Morgan fingerprint density at radius 1 is 0.955 bits per heavy atom. The first kappa shape index (κ1) is 16.3. The van der Waals surface area contributed by atoms with E-state index in [0.717, 1.165) is 5.56 Å². The van der Waals surface area contributed by atoms with Gasteiger partial charge in [0.05, 0.1) is 0 Å². The number of benzene rings is 2. The summed E-state index contributed by atoms with van der Waals surface area (Å²) in [4.78, 5) is 23.6. The van der Waals surface area contributed by atoms with Crippen molar-refractivity contribution < 1.29 is 9.59 Å². The third-order valence-electron chi connectivity index (χ3n) is 2.89. The van der Waals surface area contributed by atoms with Gasteiger partial charge in [0.25, 0.3) is 0 Å². The van der Waals surface area contributed by atoms with Crippen LogP contribution in [0.4, 0.5) is 11.4 Å². The predicted octanol–water partition coefficient (Wildman–Crippen LogP) is 4.27. The van der Waals surface area contributed by atoms with Crippen LogP contribution in [-0.2, 0) is 9.59 Å². The van der Waals surface area contributed by atoms with Crippen molar-refractivity contribution in [1.82, 2.24) is 0 Å². The van der Waals surface area contributed by atoms with Crippen molar-refractivity contribution in [2.75, 3.05) is 10.6 Å². The normalized spacial score (nSPS) is 10.1. The first-order chi connectivity index (χ1) is 10.4. The van der Waals surface area contributed by atoms with Gasteiger partial charge in [-0.05, 0) is 42.8 Å². The monoisotopic (exact) mass is 336 g/mol. The number of anilines is 2. The SMILES string of the molecule is Cc1ccc(NC(=O)CC(=O)Nc2cccc(Cl)c2)cc1Cl. The molecule has 22 heavy (non-hydrogen) atoms. The molecule has 4 nitrogen and oxygen atoms in total. The molecule has 0 atom stereocenters. The molecule has 0 radical (unpaired) electrons. The quantitative estimate of drug-likeness (QED) is 0.819. The van der Waals surface area contributed by atoms with Crippen LogP contribution in [0, 0.1) is 6.92 Å². The van der Waals surface area contributed by atoms with Crippen molar-refractivity contribution in [2.45, 2.75) is 13.3 Å². The fourth-order valence-electron chi connectivity index (χ4n) is 1.79. The highest BCUT2D eigenvalue weighted by molar-refractivity contribution is 6.31. The molecule has 114 valence electrons. The maximum absolute atomic E-state index is 11.8. The molecule has 0 aromatic heterocycles. The molecule has 0 unspecified atom stereocenters. The number of carbonyl (C=O) groups is 2. The predicted molar refractivity (Wildman–Crippen MR) is 89.5 cm³/mol. The summed E-state index contributed by atoms with van der Waals surface area (Å²) in [6, 6.07) is 11.9. The van der Waals surface area contributed by atoms with E-state index in [0.29, 0.717) is 21.4 Å². The van der Waals surface area contributed by atoms with Crippen molar-refractivity contribution in [3.63, 3.8) is 0 Å². The highest BCUT2D eigenvalue weighted by Crippen LogP contribution is 2.20. The molecule has 0 aliphatic heterocycles. The first-order valence-electron chi connectivity index (χ1n) is 6.55. The second-order valence-electron chi connectivity index (χ2n) is 4.75.